The van der Waals surface area contributed by atoms with Gasteiger partial charge >= 0.3 is 6.85 Å². The highest BCUT2D eigenvalue weighted by Gasteiger charge is 2.45. The fourth-order valence-corrected chi connectivity index (χ4v) is 4.69. The first kappa shape index (κ1) is 14.1. The van der Waals surface area contributed by atoms with Gasteiger partial charge in [-0.3, -0.25) is 0 Å². The fourth-order valence-electron chi connectivity index (χ4n) is 4.69. The molecule has 0 saturated heterocycles. The summed E-state index contributed by atoms with van der Waals surface area (Å²) in [4.78, 5) is 7.21. The minimum absolute atomic E-state index is 0.214. The third-order valence-electron chi connectivity index (χ3n) is 5.71. The van der Waals surface area contributed by atoms with E-state index in [0.29, 0.717) is 0 Å². The molecule has 0 N–H and O–H groups in total. The number of para-hydroxylation sites is 2. The van der Waals surface area contributed by atoms with E-state index in [-0.39, 0.29) is 6.85 Å². The molecule has 0 saturated carbocycles. The van der Waals surface area contributed by atoms with Crippen LogP contribution in [0.3, 0.4) is 0 Å². The Bertz CT molecular complexity index is 1070. The lowest BCUT2D eigenvalue weighted by atomic mass is 9.44. The minimum Gasteiger partial charge on any atom is -0.361 e. The molecule has 0 spiro atoms. The molecule has 3 aliphatic heterocycles. The van der Waals surface area contributed by atoms with Gasteiger partial charge in [0.15, 0.2) is 0 Å². The summed E-state index contributed by atoms with van der Waals surface area (Å²) in [7, 11) is 2.15. The second-order valence-corrected chi connectivity index (χ2v) is 7.25. The van der Waals surface area contributed by atoms with Gasteiger partial charge in [0.25, 0.3) is 0 Å². The van der Waals surface area contributed by atoms with Gasteiger partial charge in [0.1, 0.15) is 5.82 Å². The number of hydrogen-bond donors (Lipinski definition) is 0. The van der Waals surface area contributed by atoms with Crippen LogP contribution in [0, 0.1) is 0 Å². The average Bonchev–Trinajstić information content (AvgIpc) is 3.09. The van der Waals surface area contributed by atoms with Crippen LogP contribution in [0.15, 0.2) is 84.8 Å². The number of anilines is 2. The quantitative estimate of drug-likeness (QED) is 0.585. The van der Waals surface area contributed by atoms with Crippen molar-refractivity contribution in [1.29, 1.82) is 0 Å². The molecule has 0 aliphatic carbocycles. The van der Waals surface area contributed by atoms with Crippen molar-refractivity contribution in [3.63, 3.8) is 0 Å². The molecule has 4 heteroatoms. The van der Waals surface area contributed by atoms with E-state index in [1.54, 1.807) is 0 Å². The van der Waals surface area contributed by atoms with Gasteiger partial charge in [-0.25, -0.2) is 0 Å². The van der Waals surface area contributed by atoms with Crippen LogP contribution in [-0.2, 0) is 0 Å². The number of benzene rings is 3. The predicted octanol–water partition coefficient (Wildman–Crippen LogP) is 2.80. The molecule has 3 aromatic carbocycles. The van der Waals surface area contributed by atoms with Gasteiger partial charge in [-0.2, -0.15) is 0 Å². The Morgan fingerprint density at radius 2 is 1.38 bits per heavy atom. The van der Waals surface area contributed by atoms with Gasteiger partial charge < -0.3 is 14.6 Å². The summed E-state index contributed by atoms with van der Waals surface area (Å²) >= 11 is 0. The molecule has 0 unspecified atom stereocenters. The summed E-state index contributed by atoms with van der Waals surface area (Å²) in [5.41, 5.74) is 8.03. The topological polar surface area (TPSA) is 9.72 Å². The highest BCUT2D eigenvalue weighted by Crippen LogP contribution is 2.42. The molecule has 0 radical (unpaired) electrons. The van der Waals surface area contributed by atoms with E-state index in [1.165, 1.54) is 39.2 Å². The van der Waals surface area contributed by atoms with E-state index in [1.807, 2.05) is 0 Å². The van der Waals surface area contributed by atoms with E-state index in [2.05, 4.69) is 101 Å². The lowest BCUT2D eigenvalue weighted by molar-refractivity contribution is 0.495. The molecule has 0 aromatic heterocycles. The van der Waals surface area contributed by atoms with Crippen molar-refractivity contribution in [3.05, 3.63) is 84.8 Å². The zero-order valence-corrected chi connectivity index (χ0v) is 14.6. The van der Waals surface area contributed by atoms with E-state index in [4.69, 9.17) is 0 Å². The monoisotopic (exact) mass is 335 g/mol. The smallest absolute Gasteiger partial charge is 0.332 e. The number of hydrogen-bond acceptors (Lipinski definition) is 3. The normalized spacial score (nSPS) is 16.4. The third-order valence-corrected chi connectivity index (χ3v) is 5.71. The Hall–Kier alpha value is -3.14. The van der Waals surface area contributed by atoms with Crippen LogP contribution in [0.5, 0.6) is 0 Å². The molecule has 0 amide bonds. The summed E-state index contributed by atoms with van der Waals surface area (Å²) < 4.78 is 0. The first-order valence-corrected chi connectivity index (χ1v) is 9.09. The van der Waals surface area contributed by atoms with Crippen molar-refractivity contribution in [2.45, 2.75) is 0 Å². The Balaban J connectivity index is 1.72. The largest absolute Gasteiger partial charge is 0.361 e. The lowest BCUT2D eigenvalue weighted by Gasteiger charge is -2.46. The van der Waals surface area contributed by atoms with E-state index >= 15 is 0 Å². The fraction of sp³-hybridized carbons (Fsp3) is 0.0909. The highest BCUT2D eigenvalue weighted by atomic mass is 15.4. The second kappa shape index (κ2) is 4.95. The van der Waals surface area contributed by atoms with Crippen molar-refractivity contribution in [3.8, 4) is 11.1 Å². The molecule has 124 valence electrons. The summed E-state index contributed by atoms with van der Waals surface area (Å²) in [5, 5.41) is 0. The zero-order chi connectivity index (χ0) is 17.3. The summed E-state index contributed by atoms with van der Waals surface area (Å²) in [6.07, 6.45) is 2.27. The van der Waals surface area contributed by atoms with Crippen molar-refractivity contribution in [2.24, 2.45) is 0 Å². The van der Waals surface area contributed by atoms with Crippen LogP contribution >= 0.6 is 0 Å². The number of fused-ring (bicyclic) bond motifs is 11. The van der Waals surface area contributed by atoms with Crippen LogP contribution in [-0.4, -0.2) is 25.5 Å². The molecule has 26 heavy (non-hydrogen) atoms. The van der Waals surface area contributed by atoms with Crippen molar-refractivity contribution >= 4 is 29.1 Å². The molecule has 3 nitrogen and oxygen atoms in total. The second-order valence-electron chi connectivity index (χ2n) is 7.25. The average molecular weight is 335 g/mol. The predicted molar refractivity (Wildman–Crippen MR) is 109 cm³/mol. The number of nitrogens with zero attached hydrogens (tertiary/aromatic N) is 3. The Labute approximate surface area is 153 Å². The maximum Gasteiger partial charge on any atom is 0.332 e. The first-order valence-electron chi connectivity index (χ1n) is 9.09. The molecular weight excluding hydrogens is 317 g/mol. The molecule has 3 aliphatic rings. The molecular formula is C22H18BN3. The minimum atomic E-state index is 0.214. The summed E-state index contributed by atoms with van der Waals surface area (Å²) in [5.74, 6) is 1.26. The van der Waals surface area contributed by atoms with E-state index < -0.39 is 0 Å². The van der Waals surface area contributed by atoms with Crippen molar-refractivity contribution in [2.75, 3.05) is 23.4 Å². The standard InChI is InChI=1S/C22H18BN3/c1-24-14-22-25(15-24)21-13-7-5-11-19(21)23-18-10-4-2-8-16(18)17-9-3-6-12-20(17)26(22)23/h2-14H,15H2,1H3. The van der Waals surface area contributed by atoms with Crippen molar-refractivity contribution in [1.82, 2.24) is 4.90 Å². The van der Waals surface area contributed by atoms with Crippen LogP contribution in [0.25, 0.3) is 11.1 Å². The van der Waals surface area contributed by atoms with E-state index in [0.717, 1.165) is 6.67 Å². The molecule has 3 heterocycles. The molecule has 0 bridgehead atoms. The van der Waals surface area contributed by atoms with Crippen molar-refractivity contribution < 1.29 is 0 Å². The lowest BCUT2D eigenvalue weighted by Crippen LogP contribution is -2.64. The Kier molecular flexibility index (Phi) is 2.68. The Morgan fingerprint density at radius 3 is 2.23 bits per heavy atom. The summed E-state index contributed by atoms with van der Waals surface area (Å²) in [6, 6.07) is 26.5. The molecule has 0 atom stereocenters. The van der Waals surface area contributed by atoms with Gasteiger partial charge in [-0.1, -0.05) is 60.7 Å². The van der Waals surface area contributed by atoms with Gasteiger partial charge in [-0.05, 0) is 28.6 Å². The highest BCUT2D eigenvalue weighted by molar-refractivity contribution is 6.91. The van der Waals surface area contributed by atoms with Gasteiger partial charge in [-0.15, -0.1) is 0 Å². The molecule has 0 fully saturated rings. The van der Waals surface area contributed by atoms with Gasteiger partial charge in [0.05, 0.1) is 6.67 Å². The third kappa shape index (κ3) is 1.69. The molecule has 6 rings (SSSR count). The van der Waals surface area contributed by atoms with Gasteiger partial charge in [0.2, 0.25) is 0 Å². The maximum absolute atomic E-state index is 2.52. The van der Waals surface area contributed by atoms with Crippen LogP contribution in [0.1, 0.15) is 0 Å². The summed E-state index contributed by atoms with van der Waals surface area (Å²) in [6.45, 7) is 1.10. The maximum atomic E-state index is 2.52. The van der Waals surface area contributed by atoms with Crippen LogP contribution in [0.2, 0.25) is 0 Å². The first-order chi connectivity index (χ1) is 12.8. The van der Waals surface area contributed by atoms with Crippen LogP contribution < -0.4 is 20.6 Å². The zero-order valence-electron chi connectivity index (χ0n) is 14.6. The van der Waals surface area contributed by atoms with Gasteiger partial charge in [0, 0.05) is 30.2 Å². The Morgan fingerprint density at radius 1 is 0.731 bits per heavy atom. The molecule has 3 aromatic rings. The van der Waals surface area contributed by atoms with E-state index in [9.17, 15) is 0 Å². The van der Waals surface area contributed by atoms with Crippen LogP contribution in [0.4, 0.5) is 11.4 Å². The number of rotatable bonds is 0. The SMILES string of the molecule is CN1C=C2N(C1)c1ccccc1B1c3ccccc3-c3ccccc3N12.